The molecule has 1 heterocycles. The van der Waals surface area contributed by atoms with Crippen LogP contribution in [0.25, 0.3) is 0 Å². The fourth-order valence-corrected chi connectivity index (χ4v) is 3.18. The maximum atomic E-state index is 6.08. The van der Waals surface area contributed by atoms with E-state index in [1.807, 2.05) is 23.9 Å². The van der Waals surface area contributed by atoms with Crippen LogP contribution in [0.4, 0.5) is 5.82 Å². The minimum atomic E-state index is 0.526. The van der Waals surface area contributed by atoms with E-state index in [0.717, 1.165) is 11.1 Å². The summed E-state index contributed by atoms with van der Waals surface area (Å²) in [6.45, 7) is 0. The zero-order valence-electron chi connectivity index (χ0n) is 9.45. The molecule has 2 rings (SSSR count). The Morgan fingerprint density at radius 1 is 1.50 bits per heavy atom. The SMILES string of the molecule is CSC1CCCC(Nc2ncccc2Cl)C1. The molecular weight excluding hydrogens is 240 g/mol. The maximum absolute atomic E-state index is 6.08. The molecule has 0 bridgehead atoms. The first-order valence-corrected chi connectivity index (χ1v) is 7.36. The van der Waals surface area contributed by atoms with E-state index in [2.05, 4.69) is 16.6 Å². The smallest absolute Gasteiger partial charge is 0.144 e. The van der Waals surface area contributed by atoms with Gasteiger partial charge in [0.25, 0.3) is 0 Å². The summed E-state index contributed by atoms with van der Waals surface area (Å²) >= 11 is 8.05. The number of anilines is 1. The van der Waals surface area contributed by atoms with E-state index >= 15 is 0 Å². The van der Waals surface area contributed by atoms with Crippen molar-refractivity contribution < 1.29 is 0 Å². The molecule has 1 aliphatic rings. The van der Waals surface area contributed by atoms with Crippen molar-refractivity contribution in [2.45, 2.75) is 37.0 Å². The second kappa shape index (κ2) is 5.78. The number of thioether (sulfide) groups is 1. The van der Waals surface area contributed by atoms with Crippen LogP contribution in [0.3, 0.4) is 0 Å². The molecule has 1 aromatic heterocycles. The molecular formula is C12H17ClN2S. The van der Waals surface area contributed by atoms with Gasteiger partial charge in [0.05, 0.1) is 5.02 Å². The lowest BCUT2D eigenvalue weighted by Crippen LogP contribution is -2.28. The number of aromatic nitrogens is 1. The first-order valence-electron chi connectivity index (χ1n) is 5.69. The number of hydrogen-bond acceptors (Lipinski definition) is 3. The first-order chi connectivity index (χ1) is 7.79. The Kier molecular flexibility index (Phi) is 4.36. The topological polar surface area (TPSA) is 24.9 Å². The van der Waals surface area contributed by atoms with E-state index in [4.69, 9.17) is 11.6 Å². The van der Waals surface area contributed by atoms with Gasteiger partial charge in [0, 0.05) is 17.5 Å². The van der Waals surface area contributed by atoms with Gasteiger partial charge in [-0.15, -0.1) is 0 Å². The Bertz CT molecular complexity index is 346. The normalized spacial score (nSPS) is 25.4. The Morgan fingerprint density at radius 2 is 2.38 bits per heavy atom. The highest BCUT2D eigenvalue weighted by Crippen LogP contribution is 2.29. The lowest BCUT2D eigenvalue weighted by molar-refractivity contribution is 0.473. The second-order valence-corrected chi connectivity index (χ2v) is 5.74. The van der Waals surface area contributed by atoms with Crippen molar-refractivity contribution in [3.63, 3.8) is 0 Å². The van der Waals surface area contributed by atoms with E-state index in [9.17, 15) is 0 Å². The van der Waals surface area contributed by atoms with Gasteiger partial charge in [-0.1, -0.05) is 18.0 Å². The Morgan fingerprint density at radius 3 is 3.12 bits per heavy atom. The summed E-state index contributed by atoms with van der Waals surface area (Å²) in [4.78, 5) is 4.27. The third-order valence-corrected chi connectivity index (χ3v) is 4.46. The number of nitrogens with one attached hydrogen (secondary N) is 1. The van der Waals surface area contributed by atoms with Crippen LogP contribution >= 0.6 is 23.4 Å². The Balaban J connectivity index is 1.97. The van der Waals surface area contributed by atoms with Gasteiger partial charge in [-0.3, -0.25) is 0 Å². The average Bonchev–Trinajstić information content (AvgIpc) is 2.32. The van der Waals surface area contributed by atoms with Gasteiger partial charge in [0.2, 0.25) is 0 Å². The number of rotatable bonds is 3. The molecule has 16 heavy (non-hydrogen) atoms. The molecule has 1 aromatic rings. The van der Waals surface area contributed by atoms with Crippen LogP contribution in [0.5, 0.6) is 0 Å². The van der Waals surface area contributed by atoms with Crippen molar-refractivity contribution in [1.82, 2.24) is 4.98 Å². The summed E-state index contributed by atoms with van der Waals surface area (Å²) in [5.74, 6) is 0.830. The molecule has 0 radical (unpaired) electrons. The van der Waals surface area contributed by atoms with Crippen molar-refractivity contribution >= 4 is 29.2 Å². The quantitative estimate of drug-likeness (QED) is 0.890. The molecule has 1 N–H and O–H groups in total. The minimum Gasteiger partial charge on any atom is -0.366 e. The van der Waals surface area contributed by atoms with Crippen LogP contribution in [0, 0.1) is 0 Å². The van der Waals surface area contributed by atoms with Crippen molar-refractivity contribution in [2.75, 3.05) is 11.6 Å². The number of hydrogen-bond donors (Lipinski definition) is 1. The largest absolute Gasteiger partial charge is 0.366 e. The van der Waals surface area contributed by atoms with Crippen LogP contribution in [0.15, 0.2) is 18.3 Å². The summed E-state index contributed by atoms with van der Waals surface area (Å²) in [6.07, 6.45) is 9.06. The van der Waals surface area contributed by atoms with Gasteiger partial charge < -0.3 is 5.32 Å². The van der Waals surface area contributed by atoms with Crippen LogP contribution in [-0.4, -0.2) is 22.5 Å². The van der Waals surface area contributed by atoms with Gasteiger partial charge in [0.15, 0.2) is 0 Å². The molecule has 88 valence electrons. The predicted octanol–water partition coefficient (Wildman–Crippen LogP) is 3.82. The summed E-state index contributed by atoms with van der Waals surface area (Å²) in [5, 5.41) is 4.96. The first kappa shape index (κ1) is 12.1. The molecule has 1 aliphatic carbocycles. The Hall–Kier alpha value is -0.410. The summed E-state index contributed by atoms with van der Waals surface area (Å²) in [5.41, 5.74) is 0. The summed E-state index contributed by atoms with van der Waals surface area (Å²) < 4.78 is 0. The molecule has 0 amide bonds. The van der Waals surface area contributed by atoms with E-state index in [-0.39, 0.29) is 0 Å². The standard InChI is InChI=1S/C12H17ClN2S/c1-16-10-5-2-4-9(8-10)15-12-11(13)6-3-7-14-12/h3,6-7,9-10H,2,4-5,8H2,1H3,(H,14,15). The van der Waals surface area contributed by atoms with E-state index in [1.165, 1.54) is 25.7 Å². The van der Waals surface area contributed by atoms with Crippen molar-refractivity contribution in [2.24, 2.45) is 0 Å². The molecule has 0 saturated heterocycles. The predicted molar refractivity (Wildman–Crippen MR) is 72.4 cm³/mol. The maximum Gasteiger partial charge on any atom is 0.144 e. The van der Waals surface area contributed by atoms with E-state index < -0.39 is 0 Å². The highest BCUT2D eigenvalue weighted by molar-refractivity contribution is 7.99. The van der Waals surface area contributed by atoms with Crippen molar-refractivity contribution in [3.8, 4) is 0 Å². The fraction of sp³-hybridized carbons (Fsp3) is 0.583. The molecule has 2 unspecified atom stereocenters. The van der Waals surface area contributed by atoms with Gasteiger partial charge in [-0.25, -0.2) is 4.98 Å². The zero-order valence-corrected chi connectivity index (χ0v) is 11.0. The minimum absolute atomic E-state index is 0.526. The van der Waals surface area contributed by atoms with Crippen LogP contribution < -0.4 is 5.32 Å². The average molecular weight is 257 g/mol. The molecule has 4 heteroatoms. The second-order valence-electron chi connectivity index (χ2n) is 4.20. The van der Waals surface area contributed by atoms with E-state index in [1.54, 1.807) is 6.20 Å². The molecule has 2 nitrogen and oxygen atoms in total. The Labute approximate surface area is 106 Å². The number of pyridine rings is 1. The third-order valence-electron chi connectivity index (χ3n) is 3.06. The molecule has 2 atom stereocenters. The highest BCUT2D eigenvalue weighted by Gasteiger charge is 2.21. The monoisotopic (exact) mass is 256 g/mol. The zero-order chi connectivity index (χ0) is 11.4. The lowest BCUT2D eigenvalue weighted by Gasteiger charge is -2.29. The number of halogens is 1. The van der Waals surface area contributed by atoms with Gasteiger partial charge >= 0.3 is 0 Å². The van der Waals surface area contributed by atoms with Crippen LogP contribution in [0.2, 0.25) is 5.02 Å². The third kappa shape index (κ3) is 3.05. The van der Waals surface area contributed by atoms with Gasteiger partial charge in [-0.2, -0.15) is 11.8 Å². The fourth-order valence-electron chi connectivity index (χ4n) is 2.18. The van der Waals surface area contributed by atoms with Crippen LogP contribution in [0.1, 0.15) is 25.7 Å². The summed E-state index contributed by atoms with van der Waals surface area (Å²) in [7, 11) is 0. The van der Waals surface area contributed by atoms with Crippen molar-refractivity contribution in [3.05, 3.63) is 23.4 Å². The molecule has 1 fully saturated rings. The van der Waals surface area contributed by atoms with Crippen LogP contribution in [-0.2, 0) is 0 Å². The van der Waals surface area contributed by atoms with Crippen molar-refractivity contribution in [1.29, 1.82) is 0 Å². The van der Waals surface area contributed by atoms with E-state index in [0.29, 0.717) is 11.1 Å². The molecule has 1 saturated carbocycles. The summed E-state index contributed by atoms with van der Waals surface area (Å²) in [6, 6.07) is 4.27. The van der Waals surface area contributed by atoms with Gasteiger partial charge in [-0.05, 0) is 37.7 Å². The van der Waals surface area contributed by atoms with Gasteiger partial charge in [0.1, 0.15) is 5.82 Å². The highest BCUT2D eigenvalue weighted by atomic mass is 35.5. The molecule has 0 aliphatic heterocycles. The molecule has 0 aromatic carbocycles. The number of nitrogens with zero attached hydrogens (tertiary/aromatic N) is 1. The molecule has 0 spiro atoms. The lowest BCUT2D eigenvalue weighted by atomic mass is 9.95.